The predicted octanol–water partition coefficient (Wildman–Crippen LogP) is 4.19. The maximum absolute atomic E-state index is 5.34. The van der Waals surface area contributed by atoms with E-state index >= 15 is 0 Å². The first kappa shape index (κ1) is 8.80. The molecule has 3 heteroatoms. The number of aromatic amines is 1. The lowest BCUT2D eigenvalue weighted by Gasteiger charge is -1.89. The van der Waals surface area contributed by atoms with E-state index in [0.29, 0.717) is 0 Å². The summed E-state index contributed by atoms with van der Waals surface area (Å²) in [5.41, 5.74) is 2.12. The molecule has 3 rings (SSSR count). The van der Waals surface area contributed by atoms with E-state index in [9.17, 15) is 0 Å². The molecule has 1 aromatic carbocycles. The minimum absolute atomic E-state index is 0.863. The molecule has 0 saturated carbocycles. The number of rotatable bonds is 1. The van der Waals surface area contributed by atoms with Crippen molar-refractivity contribution in [3.63, 3.8) is 0 Å². The number of H-pyrrole nitrogens is 1. The fourth-order valence-corrected chi connectivity index (χ4v) is 2.05. The van der Waals surface area contributed by atoms with Crippen LogP contribution < -0.4 is 0 Å². The fraction of sp³-hybridized carbons (Fsp3) is 0. The largest absolute Gasteiger partial charge is 0.463 e. The SMILES string of the molecule is Brc1ccc2[nH]c(-c3ccco3)cc2c1. The van der Waals surface area contributed by atoms with Crippen LogP contribution in [0, 0.1) is 0 Å². The standard InChI is InChI=1S/C12H8BrNO/c13-9-3-4-10-8(6-9)7-11(14-10)12-2-1-5-15-12/h1-7,14H. The Kier molecular flexibility index (Phi) is 1.92. The Labute approximate surface area is 95.0 Å². The number of furan rings is 1. The van der Waals surface area contributed by atoms with Crippen LogP contribution in [0.5, 0.6) is 0 Å². The van der Waals surface area contributed by atoms with Crippen molar-refractivity contribution >= 4 is 26.8 Å². The maximum atomic E-state index is 5.34. The van der Waals surface area contributed by atoms with Gasteiger partial charge >= 0.3 is 0 Å². The smallest absolute Gasteiger partial charge is 0.150 e. The van der Waals surface area contributed by atoms with Crippen molar-refractivity contribution in [1.82, 2.24) is 4.98 Å². The van der Waals surface area contributed by atoms with Gasteiger partial charge in [-0.1, -0.05) is 15.9 Å². The second kappa shape index (κ2) is 3.28. The molecule has 0 unspecified atom stereocenters. The summed E-state index contributed by atoms with van der Waals surface area (Å²) in [6, 6.07) is 12.1. The van der Waals surface area contributed by atoms with Gasteiger partial charge in [0.25, 0.3) is 0 Å². The van der Waals surface area contributed by atoms with Gasteiger partial charge in [-0.15, -0.1) is 0 Å². The molecule has 0 aliphatic rings. The number of benzene rings is 1. The first-order chi connectivity index (χ1) is 7.33. The van der Waals surface area contributed by atoms with Gasteiger partial charge in [-0.3, -0.25) is 0 Å². The number of hydrogen-bond acceptors (Lipinski definition) is 1. The van der Waals surface area contributed by atoms with Crippen molar-refractivity contribution in [1.29, 1.82) is 0 Å². The lowest BCUT2D eigenvalue weighted by Crippen LogP contribution is -1.70. The molecule has 0 aliphatic heterocycles. The maximum Gasteiger partial charge on any atom is 0.150 e. The average Bonchev–Trinajstić information content (AvgIpc) is 2.84. The van der Waals surface area contributed by atoms with Crippen LogP contribution in [0.15, 0.2) is 51.6 Å². The number of halogens is 1. The Bertz CT molecular complexity index is 595. The zero-order chi connectivity index (χ0) is 10.3. The molecular formula is C12H8BrNO. The van der Waals surface area contributed by atoms with Gasteiger partial charge in [0, 0.05) is 15.4 Å². The summed E-state index contributed by atoms with van der Waals surface area (Å²) in [5, 5.41) is 1.18. The van der Waals surface area contributed by atoms with E-state index in [1.165, 1.54) is 5.39 Å². The van der Waals surface area contributed by atoms with Crippen LogP contribution in [0.25, 0.3) is 22.4 Å². The summed E-state index contributed by atoms with van der Waals surface area (Å²) in [7, 11) is 0. The summed E-state index contributed by atoms with van der Waals surface area (Å²) in [5.74, 6) is 0.863. The first-order valence-corrected chi connectivity index (χ1v) is 5.44. The van der Waals surface area contributed by atoms with Crippen LogP contribution in [-0.4, -0.2) is 4.98 Å². The van der Waals surface area contributed by atoms with Crippen LogP contribution in [0.1, 0.15) is 0 Å². The van der Waals surface area contributed by atoms with Crippen LogP contribution in [0.4, 0.5) is 0 Å². The van der Waals surface area contributed by atoms with Crippen LogP contribution in [0.2, 0.25) is 0 Å². The molecule has 0 radical (unpaired) electrons. The molecule has 3 aromatic rings. The Balaban J connectivity index is 2.22. The second-order valence-corrected chi connectivity index (χ2v) is 4.31. The number of aromatic nitrogens is 1. The second-order valence-electron chi connectivity index (χ2n) is 3.39. The Morgan fingerprint density at radius 2 is 2.07 bits per heavy atom. The lowest BCUT2D eigenvalue weighted by molar-refractivity contribution is 0.580. The highest BCUT2D eigenvalue weighted by molar-refractivity contribution is 9.10. The van der Waals surface area contributed by atoms with Crippen LogP contribution in [-0.2, 0) is 0 Å². The van der Waals surface area contributed by atoms with Gasteiger partial charge in [0.2, 0.25) is 0 Å². The highest BCUT2D eigenvalue weighted by atomic mass is 79.9. The Morgan fingerprint density at radius 3 is 2.87 bits per heavy atom. The summed E-state index contributed by atoms with van der Waals surface area (Å²) in [6.45, 7) is 0. The average molecular weight is 262 g/mol. The number of nitrogens with one attached hydrogen (secondary N) is 1. The molecular weight excluding hydrogens is 254 g/mol. The summed E-state index contributed by atoms with van der Waals surface area (Å²) in [4.78, 5) is 3.31. The van der Waals surface area contributed by atoms with Crippen LogP contribution >= 0.6 is 15.9 Å². The Hall–Kier alpha value is -1.48. The van der Waals surface area contributed by atoms with Crippen molar-refractivity contribution in [2.24, 2.45) is 0 Å². The van der Waals surface area contributed by atoms with Gasteiger partial charge in [0.15, 0.2) is 0 Å². The van der Waals surface area contributed by atoms with Gasteiger partial charge in [0.05, 0.1) is 12.0 Å². The third-order valence-electron chi connectivity index (χ3n) is 2.37. The van der Waals surface area contributed by atoms with E-state index in [2.05, 4.69) is 33.0 Å². The molecule has 0 aliphatic carbocycles. The molecule has 0 fully saturated rings. The quantitative estimate of drug-likeness (QED) is 0.699. The van der Waals surface area contributed by atoms with Crippen LogP contribution in [0.3, 0.4) is 0 Å². The van der Waals surface area contributed by atoms with Crippen molar-refractivity contribution in [2.75, 3.05) is 0 Å². The van der Waals surface area contributed by atoms with E-state index in [1.54, 1.807) is 6.26 Å². The van der Waals surface area contributed by atoms with E-state index in [4.69, 9.17) is 4.42 Å². The molecule has 0 amide bonds. The summed E-state index contributed by atoms with van der Waals surface area (Å²) < 4.78 is 6.42. The normalized spacial score (nSPS) is 11.0. The van der Waals surface area contributed by atoms with Gasteiger partial charge in [-0.25, -0.2) is 0 Å². The van der Waals surface area contributed by atoms with Crippen molar-refractivity contribution in [3.8, 4) is 11.5 Å². The van der Waals surface area contributed by atoms with Gasteiger partial charge < -0.3 is 9.40 Å². The molecule has 0 saturated heterocycles. The molecule has 2 heterocycles. The molecule has 1 N–H and O–H groups in total. The highest BCUT2D eigenvalue weighted by Gasteiger charge is 2.05. The fourth-order valence-electron chi connectivity index (χ4n) is 1.67. The molecule has 15 heavy (non-hydrogen) atoms. The van der Waals surface area contributed by atoms with E-state index in [0.717, 1.165) is 21.4 Å². The van der Waals surface area contributed by atoms with Crippen molar-refractivity contribution < 1.29 is 4.42 Å². The van der Waals surface area contributed by atoms with E-state index in [-0.39, 0.29) is 0 Å². The Morgan fingerprint density at radius 1 is 1.13 bits per heavy atom. The molecule has 0 atom stereocenters. The zero-order valence-corrected chi connectivity index (χ0v) is 9.41. The molecule has 0 bridgehead atoms. The minimum Gasteiger partial charge on any atom is -0.463 e. The topological polar surface area (TPSA) is 28.9 Å². The van der Waals surface area contributed by atoms with Gasteiger partial charge in [-0.2, -0.15) is 0 Å². The predicted molar refractivity (Wildman–Crippen MR) is 63.7 cm³/mol. The molecule has 2 nitrogen and oxygen atoms in total. The summed E-state index contributed by atoms with van der Waals surface area (Å²) in [6.07, 6.45) is 1.68. The zero-order valence-electron chi connectivity index (χ0n) is 7.83. The number of fused-ring (bicyclic) bond motifs is 1. The minimum atomic E-state index is 0.863. The van der Waals surface area contributed by atoms with Gasteiger partial charge in [-0.05, 0) is 36.4 Å². The molecule has 74 valence electrons. The van der Waals surface area contributed by atoms with Crippen molar-refractivity contribution in [2.45, 2.75) is 0 Å². The monoisotopic (exact) mass is 261 g/mol. The number of hydrogen-bond donors (Lipinski definition) is 1. The van der Waals surface area contributed by atoms with Crippen molar-refractivity contribution in [3.05, 3.63) is 47.1 Å². The lowest BCUT2D eigenvalue weighted by atomic mass is 10.2. The third kappa shape index (κ3) is 1.49. The highest BCUT2D eigenvalue weighted by Crippen LogP contribution is 2.26. The van der Waals surface area contributed by atoms with E-state index in [1.807, 2.05) is 24.3 Å². The summed E-state index contributed by atoms with van der Waals surface area (Å²) >= 11 is 3.45. The molecule has 0 spiro atoms. The first-order valence-electron chi connectivity index (χ1n) is 4.65. The molecule has 2 aromatic heterocycles. The third-order valence-corrected chi connectivity index (χ3v) is 2.86. The van der Waals surface area contributed by atoms with Gasteiger partial charge in [0.1, 0.15) is 5.76 Å². The van der Waals surface area contributed by atoms with E-state index < -0.39 is 0 Å².